The van der Waals surface area contributed by atoms with Gasteiger partial charge in [-0.25, -0.2) is 13.1 Å². The number of aromatic amines is 1. The second-order valence-electron chi connectivity index (χ2n) is 4.93. The van der Waals surface area contributed by atoms with Gasteiger partial charge in [0.1, 0.15) is 10.6 Å². The molecule has 6 nitrogen and oxygen atoms in total. The molecule has 3 N–H and O–H groups in total. The Hall–Kier alpha value is -1.86. The first kappa shape index (κ1) is 15.5. The van der Waals surface area contributed by atoms with Gasteiger partial charge < -0.3 is 5.11 Å². The van der Waals surface area contributed by atoms with E-state index in [0.717, 1.165) is 12.0 Å². The molecule has 0 aliphatic heterocycles. The van der Waals surface area contributed by atoms with Gasteiger partial charge in [-0.3, -0.25) is 5.10 Å². The lowest BCUT2D eigenvalue weighted by molar-refractivity contribution is 0.475. The Kier molecular flexibility index (Phi) is 4.64. The van der Waals surface area contributed by atoms with Crippen molar-refractivity contribution in [3.63, 3.8) is 0 Å². The first-order chi connectivity index (χ1) is 9.90. The van der Waals surface area contributed by atoms with Crippen LogP contribution in [0.5, 0.6) is 5.75 Å². The molecule has 114 valence electrons. The number of phenolic OH excluding ortho intramolecular Hbond substituents is 1. The minimum atomic E-state index is -3.52. The van der Waals surface area contributed by atoms with Crippen molar-refractivity contribution in [1.82, 2.24) is 14.9 Å². The fraction of sp³-hybridized carbons (Fsp3) is 0.357. The summed E-state index contributed by atoms with van der Waals surface area (Å²) in [5.41, 5.74) is 2.07. The third kappa shape index (κ3) is 3.83. The maximum absolute atomic E-state index is 12.2. The first-order valence-corrected chi connectivity index (χ1v) is 8.17. The fourth-order valence-corrected chi connectivity index (χ4v) is 3.61. The highest BCUT2D eigenvalue weighted by Crippen LogP contribution is 2.16. The third-order valence-corrected chi connectivity index (χ3v) is 4.92. The summed E-state index contributed by atoms with van der Waals surface area (Å²) >= 11 is 0. The molecule has 2 aromatic rings. The zero-order valence-corrected chi connectivity index (χ0v) is 12.9. The van der Waals surface area contributed by atoms with E-state index in [2.05, 4.69) is 14.9 Å². The second-order valence-corrected chi connectivity index (χ2v) is 6.63. The molecule has 0 saturated carbocycles. The van der Waals surface area contributed by atoms with Crippen molar-refractivity contribution < 1.29 is 13.5 Å². The summed E-state index contributed by atoms with van der Waals surface area (Å²) in [6.07, 6.45) is 1.42. The Morgan fingerprint density at radius 1 is 1.24 bits per heavy atom. The van der Waals surface area contributed by atoms with Crippen molar-refractivity contribution in [3.05, 3.63) is 41.2 Å². The van der Waals surface area contributed by atoms with E-state index in [0.29, 0.717) is 24.4 Å². The average molecular weight is 309 g/mol. The highest BCUT2D eigenvalue weighted by molar-refractivity contribution is 7.89. The van der Waals surface area contributed by atoms with E-state index in [-0.39, 0.29) is 10.6 Å². The van der Waals surface area contributed by atoms with E-state index in [1.54, 1.807) is 26.0 Å². The molecule has 0 aliphatic rings. The van der Waals surface area contributed by atoms with Crippen molar-refractivity contribution in [1.29, 1.82) is 0 Å². The van der Waals surface area contributed by atoms with Crippen molar-refractivity contribution in [2.75, 3.05) is 6.54 Å². The zero-order valence-electron chi connectivity index (χ0n) is 12.0. The molecule has 21 heavy (non-hydrogen) atoms. The van der Waals surface area contributed by atoms with Gasteiger partial charge in [-0.05, 0) is 44.4 Å². The van der Waals surface area contributed by atoms with Gasteiger partial charge in [-0.15, -0.1) is 0 Å². The number of rotatable bonds is 6. The van der Waals surface area contributed by atoms with Crippen LogP contribution in [-0.4, -0.2) is 30.3 Å². The molecule has 0 atom stereocenters. The van der Waals surface area contributed by atoms with Gasteiger partial charge in [0.15, 0.2) is 0 Å². The predicted molar refractivity (Wildman–Crippen MR) is 79.7 cm³/mol. The van der Waals surface area contributed by atoms with Crippen LogP contribution < -0.4 is 4.72 Å². The van der Waals surface area contributed by atoms with Gasteiger partial charge in [0.2, 0.25) is 10.0 Å². The Morgan fingerprint density at radius 2 is 1.90 bits per heavy atom. The van der Waals surface area contributed by atoms with Gasteiger partial charge in [0.25, 0.3) is 0 Å². The molecule has 7 heteroatoms. The summed E-state index contributed by atoms with van der Waals surface area (Å²) < 4.78 is 27.0. The van der Waals surface area contributed by atoms with Gasteiger partial charge >= 0.3 is 0 Å². The topological polar surface area (TPSA) is 95.1 Å². The van der Waals surface area contributed by atoms with Crippen LogP contribution in [0.15, 0.2) is 29.2 Å². The lowest BCUT2D eigenvalue weighted by Gasteiger charge is -2.07. The van der Waals surface area contributed by atoms with Gasteiger partial charge in [0.05, 0.1) is 11.4 Å². The van der Waals surface area contributed by atoms with E-state index in [9.17, 15) is 13.5 Å². The summed E-state index contributed by atoms with van der Waals surface area (Å²) in [6, 6.07) is 6.90. The number of phenols is 1. The molecule has 1 aromatic carbocycles. The predicted octanol–water partition coefficient (Wildman–Crippen LogP) is 1.64. The summed E-state index contributed by atoms with van der Waals surface area (Å²) in [5, 5.41) is 15.8. The number of nitrogens with one attached hydrogen (secondary N) is 2. The molecular weight excluding hydrogens is 290 g/mol. The highest BCUT2D eigenvalue weighted by atomic mass is 32.2. The number of H-pyrrole nitrogens is 1. The Morgan fingerprint density at radius 3 is 2.48 bits per heavy atom. The van der Waals surface area contributed by atoms with E-state index in [1.165, 1.54) is 0 Å². The smallest absolute Gasteiger partial charge is 0.244 e. The van der Waals surface area contributed by atoms with Crippen molar-refractivity contribution in [3.8, 4) is 5.75 Å². The molecule has 0 spiro atoms. The molecular formula is C14H19N3O3S. The molecule has 2 rings (SSSR count). The van der Waals surface area contributed by atoms with Crippen LogP contribution in [0.1, 0.15) is 23.4 Å². The normalized spacial score (nSPS) is 11.7. The van der Waals surface area contributed by atoms with Crippen LogP contribution in [0, 0.1) is 13.8 Å². The number of nitrogens with zero attached hydrogens (tertiary/aromatic N) is 1. The summed E-state index contributed by atoms with van der Waals surface area (Å²) in [6.45, 7) is 3.70. The molecule has 1 heterocycles. The molecule has 0 unspecified atom stereocenters. The Labute approximate surface area is 124 Å². The minimum Gasteiger partial charge on any atom is -0.508 e. The minimum absolute atomic E-state index is 0.227. The highest BCUT2D eigenvalue weighted by Gasteiger charge is 2.21. The van der Waals surface area contributed by atoms with Gasteiger partial charge in [-0.1, -0.05) is 12.1 Å². The molecule has 0 bridgehead atoms. The van der Waals surface area contributed by atoms with E-state index in [4.69, 9.17) is 0 Å². The number of aromatic nitrogens is 2. The van der Waals surface area contributed by atoms with Crippen molar-refractivity contribution in [2.45, 2.75) is 31.6 Å². The number of hydrogen-bond donors (Lipinski definition) is 3. The maximum atomic E-state index is 12.2. The van der Waals surface area contributed by atoms with Gasteiger partial charge in [0, 0.05) is 6.54 Å². The fourth-order valence-electron chi connectivity index (χ4n) is 2.17. The lowest BCUT2D eigenvalue weighted by atomic mass is 10.1. The molecule has 0 amide bonds. The lowest BCUT2D eigenvalue weighted by Crippen LogP contribution is -2.26. The van der Waals surface area contributed by atoms with Crippen molar-refractivity contribution in [2.24, 2.45) is 0 Å². The van der Waals surface area contributed by atoms with E-state index < -0.39 is 10.0 Å². The Balaban J connectivity index is 1.90. The molecule has 0 radical (unpaired) electrons. The molecule has 0 saturated heterocycles. The monoisotopic (exact) mass is 309 g/mol. The molecule has 0 aliphatic carbocycles. The average Bonchev–Trinajstić information content (AvgIpc) is 2.77. The molecule has 1 aromatic heterocycles. The zero-order chi connectivity index (χ0) is 15.5. The maximum Gasteiger partial charge on any atom is 0.244 e. The number of aromatic hydroxyl groups is 1. The van der Waals surface area contributed by atoms with Crippen LogP contribution in [0.4, 0.5) is 0 Å². The summed E-state index contributed by atoms with van der Waals surface area (Å²) in [7, 11) is -3.52. The number of benzene rings is 1. The number of hydrogen-bond acceptors (Lipinski definition) is 4. The first-order valence-electron chi connectivity index (χ1n) is 6.69. The van der Waals surface area contributed by atoms with E-state index >= 15 is 0 Å². The van der Waals surface area contributed by atoms with Gasteiger partial charge in [-0.2, -0.15) is 5.10 Å². The second kappa shape index (κ2) is 6.28. The van der Waals surface area contributed by atoms with Crippen LogP contribution >= 0.6 is 0 Å². The third-order valence-electron chi connectivity index (χ3n) is 3.20. The summed E-state index contributed by atoms with van der Waals surface area (Å²) in [5.74, 6) is 0.227. The van der Waals surface area contributed by atoms with Crippen LogP contribution in [0.25, 0.3) is 0 Å². The van der Waals surface area contributed by atoms with E-state index in [1.807, 2.05) is 12.1 Å². The molecule has 0 fully saturated rings. The standard InChI is InChI=1S/C14H19N3O3S/c1-10-14(11(2)17-16-10)21(19,20)15-9-3-4-12-5-7-13(18)8-6-12/h5-8,15,18H,3-4,9H2,1-2H3,(H,16,17). The Bertz CT molecular complexity index is 686. The van der Waals surface area contributed by atoms with Crippen LogP contribution in [-0.2, 0) is 16.4 Å². The largest absolute Gasteiger partial charge is 0.508 e. The van der Waals surface area contributed by atoms with Crippen molar-refractivity contribution >= 4 is 10.0 Å². The van der Waals surface area contributed by atoms with Crippen LogP contribution in [0.2, 0.25) is 0 Å². The number of aryl methyl sites for hydroxylation is 3. The van der Waals surface area contributed by atoms with Crippen LogP contribution in [0.3, 0.4) is 0 Å². The SMILES string of the molecule is Cc1n[nH]c(C)c1S(=O)(=O)NCCCc1ccc(O)cc1. The quantitative estimate of drug-likeness (QED) is 0.707. The number of sulfonamides is 1. The summed E-state index contributed by atoms with van der Waals surface area (Å²) in [4.78, 5) is 0.229.